The zero-order chi connectivity index (χ0) is 28.3. The van der Waals surface area contributed by atoms with E-state index < -0.39 is 0 Å². The zero-order valence-corrected chi connectivity index (χ0v) is 24.2. The summed E-state index contributed by atoms with van der Waals surface area (Å²) in [7, 11) is -0.345. The van der Waals surface area contributed by atoms with Crippen molar-refractivity contribution in [2.45, 2.75) is 37.5 Å². The molecule has 0 aromatic heterocycles. The number of hydrogen-bond acceptors (Lipinski definition) is 2. The van der Waals surface area contributed by atoms with Crippen molar-refractivity contribution in [2.24, 2.45) is 23.7 Å². The van der Waals surface area contributed by atoms with E-state index in [1.165, 1.54) is 75.9 Å². The summed E-state index contributed by atoms with van der Waals surface area (Å²) in [6.07, 6.45) is 6.97. The third-order valence-corrected chi connectivity index (χ3v) is 11.9. The van der Waals surface area contributed by atoms with Crippen molar-refractivity contribution >= 4 is 40.0 Å². The summed E-state index contributed by atoms with van der Waals surface area (Å²) >= 11 is 0. The predicted octanol–water partition coefficient (Wildman–Crippen LogP) is 9.17. The topological polar surface area (TPSA) is 29.5 Å². The molecule has 0 aliphatic heterocycles. The Morgan fingerprint density at radius 1 is 0.558 bits per heavy atom. The van der Waals surface area contributed by atoms with E-state index in [0.717, 1.165) is 28.4 Å². The van der Waals surface area contributed by atoms with Crippen LogP contribution in [0.5, 0.6) is 5.75 Å². The maximum Gasteiger partial charge on any atom is 0.504 e. The molecule has 11 rings (SSSR count). The van der Waals surface area contributed by atoms with E-state index in [1.807, 2.05) is 0 Å². The minimum atomic E-state index is -0.345. The second-order valence-electron chi connectivity index (χ2n) is 13.7. The Hall–Kier alpha value is -4.08. The first-order valence-electron chi connectivity index (χ1n) is 16.1. The van der Waals surface area contributed by atoms with E-state index in [-0.39, 0.29) is 13.1 Å². The van der Waals surface area contributed by atoms with Gasteiger partial charge in [0.2, 0.25) is 0 Å². The molecule has 0 amide bonds. The first-order chi connectivity index (χ1) is 21.3. The Bertz CT molecular complexity index is 2040. The summed E-state index contributed by atoms with van der Waals surface area (Å²) in [6, 6.07) is 38.4. The van der Waals surface area contributed by atoms with Crippen LogP contribution in [-0.4, -0.2) is 12.7 Å². The molecule has 0 unspecified atom stereocenters. The predicted molar refractivity (Wildman–Crippen MR) is 178 cm³/mol. The lowest BCUT2D eigenvalue weighted by molar-refractivity contribution is -0.0398. The highest BCUT2D eigenvalue weighted by Crippen LogP contribution is 2.70. The number of benzene rings is 6. The zero-order valence-electron chi connectivity index (χ0n) is 24.2. The molecule has 4 saturated carbocycles. The molecule has 0 radical (unpaired) electrons. The first-order valence-corrected chi connectivity index (χ1v) is 16.1. The van der Waals surface area contributed by atoms with Gasteiger partial charge in [-0.25, -0.2) is 0 Å². The third-order valence-electron chi connectivity index (χ3n) is 11.9. The third kappa shape index (κ3) is 3.09. The molecule has 0 heterocycles. The van der Waals surface area contributed by atoms with Gasteiger partial charge in [0.25, 0.3) is 0 Å². The molecule has 6 aromatic rings. The normalized spacial score (nSPS) is 26.3. The van der Waals surface area contributed by atoms with Gasteiger partial charge in [0.15, 0.2) is 0 Å². The fourth-order valence-corrected chi connectivity index (χ4v) is 10.7. The molecule has 5 aliphatic rings. The van der Waals surface area contributed by atoms with Crippen LogP contribution in [0.1, 0.15) is 43.2 Å². The monoisotopic (exact) mass is 556 g/mol. The van der Waals surface area contributed by atoms with Gasteiger partial charge in [0.05, 0.1) is 0 Å². The smallest absolute Gasteiger partial charge is 0.504 e. The standard InChI is InChI=1S/C40H33BO2/c42-41-43-39-31-12-5-3-10-29(31)37(30-11-4-6-13-32(30)39)33-14-7-15-35-38(33)34-21-25-8-1-2-9-26(25)22-36(34)40(35)27-17-23-16-24(19-27)20-28(40)18-23/h1-15,21-24,27-28,41-42H,16-20H2. The lowest BCUT2D eigenvalue weighted by atomic mass is 9.43. The maximum absolute atomic E-state index is 9.87. The Balaban J connectivity index is 1.35. The summed E-state index contributed by atoms with van der Waals surface area (Å²) < 4.78 is 5.93. The second-order valence-corrected chi connectivity index (χ2v) is 13.7. The fourth-order valence-electron chi connectivity index (χ4n) is 10.7. The van der Waals surface area contributed by atoms with Crippen LogP contribution in [0.4, 0.5) is 0 Å². The highest BCUT2D eigenvalue weighted by atomic mass is 16.5. The van der Waals surface area contributed by atoms with Gasteiger partial charge in [-0.2, -0.15) is 0 Å². The van der Waals surface area contributed by atoms with Crippen LogP contribution in [0.25, 0.3) is 54.6 Å². The number of fused-ring (bicyclic) bond motifs is 6. The molecule has 2 nitrogen and oxygen atoms in total. The van der Waals surface area contributed by atoms with Gasteiger partial charge in [0.1, 0.15) is 5.75 Å². The molecule has 0 saturated heterocycles. The number of rotatable bonds is 3. The number of hydrogen-bond donors (Lipinski definition) is 1. The Kier molecular flexibility index (Phi) is 4.95. The summed E-state index contributed by atoms with van der Waals surface area (Å²) in [5.74, 6) is 4.02. The van der Waals surface area contributed by atoms with Crippen molar-refractivity contribution < 1.29 is 9.68 Å². The molecular formula is C40H33BO2. The lowest BCUT2D eigenvalue weighted by Gasteiger charge is -2.61. The van der Waals surface area contributed by atoms with E-state index >= 15 is 0 Å². The first kappa shape index (κ1) is 24.4. The molecule has 208 valence electrons. The Morgan fingerprint density at radius 2 is 1.14 bits per heavy atom. The van der Waals surface area contributed by atoms with Crippen molar-refractivity contribution in [3.05, 3.63) is 114 Å². The molecule has 3 heteroatoms. The quantitative estimate of drug-likeness (QED) is 0.174. The minimum absolute atomic E-state index is 0.101. The van der Waals surface area contributed by atoms with E-state index in [1.54, 1.807) is 11.1 Å². The van der Waals surface area contributed by atoms with Crippen LogP contribution < -0.4 is 4.65 Å². The van der Waals surface area contributed by atoms with Gasteiger partial charge < -0.3 is 9.68 Å². The highest BCUT2D eigenvalue weighted by molar-refractivity contribution is 6.23. The average molecular weight is 557 g/mol. The van der Waals surface area contributed by atoms with Crippen LogP contribution in [0, 0.1) is 23.7 Å². The van der Waals surface area contributed by atoms with Gasteiger partial charge >= 0.3 is 7.69 Å². The van der Waals surface area contributed by atoms with E-state index in [9.17, 15) is 5.02 Å². The summed E-state index contributed by atoms with van der Waals surface area (Å²) in [6.45, 7) is 0. The van der Waals surface area contributed by atoms with Crippen molar-refractivity contribution in [2.75, 3.05) is 0 Å². The molecule has 1 spiro atoms. The second kappa shape index (κ2) is 8.74. The largest absolute Gasteiger partial charge is 0.538 e. The van der Waals surface area contributed by atoms with Crippen molar-refractivity contribution in [3.8, 4) is 28.0 Å². The van der Waals surface area contributed by atoms with Crippen LogP contribution in [0.3, 0.4) is 0 Å². The summed E-state index contributed by atoms with van der Waals surface area (Å²) in [4.78, 5) is 0. The molecule has 1 N–H and O–H groups in total. The Labute approximate surface area is 252 Å². The minimum Gasteiger partial charge on any atom is -0.538 e. The van der Waals surface area contributed by atoms with Crippen LogP contribution in [0.2, 0.25) is 0 Å². The van der Waals surface area contributed by atoms with Gasteiger partial charge in [0, 0.05) is 16.2 Å². The molecule has 6 aromatic carbocycles. The van der Waals surface area contributed by atoms with E-state index in [0.29, 0.717) is 11.8 Å². The van der Waals surface area contributed by atoms with Gasteiger partial charge in [-0.05, 0) is 123 Å². The molecule has 43 heavy (non-hydrogen) atoms. The van der Waals surface area contributed by atoms with Gasteiger partial charge in [-0.1, -0.05) is 91.0 Å². The van der Waals surface area contributed by atoms with Crippen molar-refractivity contribution in [1.29, 1.82) is 0 Å². The van der Waals surface area contributed by atoms with Crippen LogP contribution >= 0.6 is 0 Å². The van der Waals surface area contributed by atoms with E-state index in [4.69, 9.17) is 4.65 Å². The summed E-state index contributed by atoms with van der Waals surface area (Å²) in [5, 5.41) is 17.0. The Morgan fingerprint density at radius 3 is 1.77 bits per heavy atom. The lowest BCUT2D eigenvalue weighted by Crippen LogP contribution is -2.55. The summed E-state index contributed by atoms with van der Waals surface area (Å²) in [5.41, 5.74) is 8.76. The van der Waals surface area contributed by atoms with Gasteiger partial charge in [-0.3, -0.25) is 0 Å². The maximum atomic E-state index is 9.87. The average Bonchev–Trinajstić information content (AvgIpc) is 3.32. The molecule has 5 aliphatic carbocycles. The molecule has 4 bridgehead atoms. The van der Waals surface area contributed by atoms with Crippen LogP contribution in [-0.2, 0) is 5.41 Å². The van der Waals surface area contributed by atoms with Crippen LogP contribution in [0.15, 0.2) is 103 Å². The fraction of sp³-hybridized carbons (Fsp3) is 0.250. The van der Waals surface area contributed by atoms with Crippen molar-refractivity contribution in [1.82, 2.24) is 0 Å². The highest BCUT2D eigenvalue weighted by Gasteiger charge is 2.61. The van der Waals surface area contributed by atoms with E-state index in [2.05, 4.69) is 103 Å². The molecule has 0 atom stereocenters. The van der Waals surface area contributed by atoms with Gasteiger partial charge in [-0.15, -0.1) is 0 Å². The van der Waals surface area contributed by atoms with Crippen molar-refractivity contribution in [3.63, 3.8) is 0 Å². The SMILES string of the molecule is OBOc1c2ccccc2c(-c2cccc3c2-c2cc4ccccc4cc2C32C3CC4CC(C3)CC2C4)c2ccccc12. The molecular weight excluding hydrogens is 523 g/mol. The molecule has 4 fully saturated rings.